The van der Waals surface area contributed by atoms with Crippen molar-refractivity contribution >= 4 is 43.3 Å². The molecule has 0 aliphatic rings. The maximum Gasteiger partial charge on any atom is 0.282 e. The van der Waals surface area contributed by atoms with Gasteiger partial charge in [-0.25, -0.2) is 4.98 Å². The number of aromatic nitrogens is 3. The number of anilines is 2. The summed E-state index contributed by atoms with van der Waals surface area (Å²) in [5, 5.41) is 11.3. The van der Waals surface area contributed by atoms with E-state index in [4.69, 9.17) is 0 Å². The molecule has 0 bridgehead atoms. The van der Waals surface area contributed by atoms with Crippen molar-refractivity contribution in [2.75, 3.05) is 11.4 Å². The first-order chi connectivity index (χ1) is 12.2. The van der Waals surface area contributed by atoms with Crippen molar-refractivity contribution in [1.29, 1.82) is 5.26 Å². The number of hydrogen-bond donors (Lipinski definition) is 0. The summed E-state index contributed by atoms with van der Waals surface area (Å²) < 4.78 is 2.03. The fraction of sp³-hybridized carbons (Fsp3) is 0.111. The molecule has 3 heterocycles. The van der Waals surface area contributed by atoms with Crippen LogP contribution >= 0.6 is 11.3 Å². The van der Waals surface area contributed by atoms with E-state index in [0.29, 0.717) is 15.3 Å². The van der Waals surface area contributed by atoms with Crippen LogP contribution in [0.25, 0.3) is 21.1 Å². The van der Waals surface area contributed by atoms with Crippen molar-refractivity contribution in [3.05, 3.63) is 59.1 Å². The maximum absolute atomic E-state index is 12.3. The Balaban J connectivity index is 1.88. The van der Waals surface area contributed by atoms with Crippen LogP contribution in [0.15, 0.2) is 53.6 Å². The molecule has 4 rings (SSSR count). The highest BCUT2D eigenvalue weighted by atomic mass is 32.1. The molecule has 0 fully saturated rings. The van der Waals surface area contributed by atoms with Gasteiger partial charge in [0.1, 0.15) is 11.4 Å². The van der Waals surface area contributed by atoms with Crippen LogP contribution in [0.4, 0.5) is 10.8 Å². The van der Waals surface area contributed by atoms with Crippen LogP contribution < -0.4 is 10.5 Å². The van der Waals surface area contributed by atoms with Crippen molar-refractivity contribution in [2.45, 2.75) is 0 Å². The molecule has 4 aromatic rings. The number of rotatable bonds is 3. The second-order valence-corrected chi connectivity index (χ2v) is 6.53. The summed E-state index contributed by atoms with van der Waals surface area (Å²) in [5.41, 5.74) is 1.58. The Bertz CT molecular complexity index is 1190. The Morgan fingerprint density at radius 2 is 2.20 bits per heavy atom. The summed E-state index contributed by atoms with van der Waals surface area (Å²) in [6.45, 7) is 0.0968. The predicted octanol–water partition coefficient (Wildman–Crippen LogP) is 3.20. The smallest absolute Gasteiger partial charge is 0.282 e. The van der Waals surface area contributed by atoms with Crippen LogP contribution in [0.5, 0.6) is 0 Å². The number of benzene rings is 1. The van der Waals surface area contributed by atoms with Crippen LogP contribution in [-0.4, -0.2) is 21.1 Å². The number of hydrogen-bond acceptors (Lipinski definition) is 6. The van der Waals surface area contributed by atoms with Gasteiger partial charge in [0, 0.05) is 36.0 Å². The van der Waals surface area contributed by atoms with Crippen LogP contribution in [0.3, 0.4) is 0 Å². The normalized spacial score (nSPS) is 10.9. The minimum atomic E-state index is -0.333. The highest BCUT2D eigenvalue weighted by Crippen LogP contribution is 2.31. The van der Waals surface area contributed by atoms with E-state index < -0.39 is 0 Å². The molecule has 3 aromatic heterocycles. The number of nitriles is 1. The summed E-state index contributed by atoms with van der Waals surface area (Å²) in [5.74, 6) is 0. The first-order valence-electron chi connectivity index (χ1n) is 7.63. The van der Waals surface area contributed by atoms with E-state index in [1.165, 1.54) is 11.3 Å². The van der Waals surface area contributed by atoms with Gasteiger partial charge in [-0.3, -0.25) is 4.79 Å². The minimum Gasteiger partial charge on any atom is -0.351 e. The van der Waals surface area contributed by atoms with Gasteiger partial charge in [-0.2, -0.15) is 10.2 Å². The maximum atomic E-state index is 12.3. The average Bonchev–Trinajstić information content (AvgIpc) is 3.00. The van der Waals surface area contributed by atoms with Crippen molar-refractivity contribution in [3.8, 4) is 6.07 Å². The first-order valence-corrected chi connectivity index (χ1v) is 8.44. The molecule has 7 heteroatoms. The fourth-order valence-electron chi connectivity index (χ4n) is 2.78. The molecule has 0 unspecified atom stereocenters. The topological polar surface area (TPSA) is 74.8 Å². The Morgan fingerprint density at radius 3 is 3.04 bits per heavy atom. The van der Waals surface area contributed by atoms with E-state index in [-0.39, 0.29) is 12.1 Å². The van der Waals surface area contributed by atoms with E-state index in [9.17, 15) is 10.1 Å². The van der Waals surface area contributed by atoms with Gasteiger partial charge in [-0.05, 0) is 36.4 Å². The molecule has 6 nitrogen and oxygen atoms in total. The monoisotopic (exact) mass is 347 g/mol. The largest absolute Gasteiger partial charge is 0.351 e. The SMILES string of the molecule is Cn1ccc2cc(N(CC#N)c3nc(=O)c4cccnc4s3)ccc21. The zero-order valence-corrected chi connectivity index (χ0v) is 14.2. The Hall–Kier alpha value is -3.24. The second kappa shape index (κ2) is 6.00. The van der Waals surface area contributed by atoms with Crippen LogP contribution in [0.1, 0.15) is 0 Å². The molecule has 0 saturated carbocycles. The molecular weight excluding hydrogens is 334 g/mol. The lowest BCUT2D eigenvalue weighted by atomic mass is 10.2. The Kier molecular flexibility index (Phi) is 3.67. The van der Waals surface area contributed by atoms with Crippen LogP contribution in [0.2, 0.25) is 0 Å². The summed E-state index contributed by atoms with van der Waals surface area (Å²) in [6.07, 6.45) is 3.63. The predicted molar refractivity (Wildman–Crippen MR) is 99.2 cm³/mol. The fourth-order valence-corrected chi connectivity index (χ4v) is 3.74. The highest BCUT2D eigenvalue weighted by Gasteiger charge is 2.15. The van der Waals surface area contributed by atoms with Gasteiger partial charge in [0.2, 0.25) is 0 Å². The number of aryl methyl sites for hydroxylation is 1. The molecule has 1 aromatic carbocycles. The lowest BCUT2D eigenvalue weighted by Gasteiger charge is -2.20. The molecule has 0 radical (unpaired) electrons. The molecule has 122 valence electrons. The first kappa shape index (κ1) is 15.3. The Morgan fingerprint density at radius 1 is 1.32 bits per heavy atom. The van der Waals surface area contributed by atoms with Crippen LogP contribution in [-0.2, 0) is 7.05 Å². The molecule has 0 saturated heterocycles. The van der Waals surface area contributed by atoms with E-state index >= 15 is 0 Å². The molecule has 0 N–H and O–H groups in total. The van der Waals surface area contributed by atoms with Gasteiger partial charge in [0.25, 0.3) is 5.56 Å². The summed E-state index contributed by atoms with van der Waals surface area (Å²) in [7, 11) is 1.98. The van der Waals surface area contributed by atoms with Gasteiger partial charge in [0.05, 0.1) is 11.5 Å². The molecule has 0 amide bonds. The third kappa shape index (κ3) is 2.62. The number of nitrogens with zero attached hydrogens (tertiary/aromatic N) is 5. The van der Waals surface area contributed by atoms with Gasteiger partial charge in [-0.1, -0.05) is 11.3 Å². The zero-order valence-electron chi connectivity index (χ0n) is 13.4. The van der Waals surface area contributed by atoms with Crippen molar-refractivity contribution < 1.29 is 0 Å². The molecule has 0 spiro atoms. The number of fused-ring (bicyclic) bond motifs is 2. The Labute approximate surface area is 147 Å². The standard InChI is InChI=1S/C18H13N5OS/c1-22-9-6-12-11-13(4-5-15(12)22)23(10-7-19)18-21-16(24)14-3-2-8-20-17(14)25-18/h2-6,8-9,11H,10H2,1H3. The second-order valence-electron chi connectivity index (χ2n) is 5.57. The lowest BCUT2D eigenvalue weighted by Crippen LogP contribution is -2.20. The quantitative estimate of drug-likeness (QED) is 0.532. The molecule has 25 heavy (non-hydrogen) atoms. The molecule has 0 aliphatic heterocycles. The summed E-state index contributed by atoms with van der Waals surface area (Å²) >= 11 is 1.30. The van der Waals surface area contributed by atoms with Gasteiger partial charge < -0.3 is 9.47 Å². The molecular formula is C18H13N5OS. The summed E-state index contributed by atoms with van der Waals surface area (Å²) in [4.78, 5) is 23.1. The molecule has 0 aliphatic carbocycles. The van der Waals surface area contributed by atoms with Gasteiger partial charge in [0.15, 0.2) is 5.13 Å². The average molecular weight is 347 g/mol. The van der Waals surface area contributed by atoms with Gasteiger partial charge >= 0.3 is 0 Å². The van der Waals surface area contributed by atoms with Gasteiger partial charge in [-0.15, -0.1) is 0 Å². The third-order valence-corrected chi connectivity index (χ3v) is 5.04. The van der Waals surface area contributed by atoms with Crippen molar-refractivity contribution in [3.63, 3.8) is 0 Å². The van der Waals surface area contributed by atoms with E-state index in [0.717, 1.165) is 16.6 Å². The molecule has 0 atom stereocenters. The van der Waals surface area contributed by atoms with Crippen molar-refractivity contribution in [1.82, 2.24) is 14.5 Å². The van der Waals surface area contributed by atoms with Crippen LogP contribution in [0, 0.1) is 11.3 Å². The number of pyridine rings is 1. The van der Waals surface area contributed by atoms with E-state index in [1.54, 1.807) is 23.2 Å². The van der Waals surface area contributed by atoms with E-state index in [1.807, 2.05) is 42.1 Å². The lowest BCUT2D eigenvalue weighted by molar-refractivity contribution is 0.969. The van der Waals surface area contributed by atoms with Crippen molar-refractivity contribution in [2.24, 2.45) is 7.05 Å². The highest BCUT2D eigenvalue weighted by molar-refractivity contribution is 7.21. The zero-order chi connectivity index (χ0) is 17.4. The van der Waals surface area contributed by atoms with E-state index in [2.05, 4.69) is 16.0 Å². The summed E-state index contributed by atoms with van der Waals surface area (Å²) in [6, 6.07) is 13.5. The third-order valence-electron chi connectivity index (χ3n) is 4.03. The minimum absolute atomic E-state index is 0.0968.